The second-order valence-electron chi connectivity index (χ2n) is 8.25. The fraction of sp³-hybridized carbons (Fsp3) is 0.391. The molecule has 150 valence electrons. The quantitative estimate of drug-likeness (QED) is 0.736. The number of rotatable bonds is 3. The third kappa shape index (κ3) is 3.08. The van der Waals surface area contributed by atoms with Gasteiger partial charge in [-0.2, -0.15) is 0 Å². The summed E-state index contributed by atoms with van der Waals surface area (Å²) >= 11 is 6.07. The normalized spacial score (nSPS) is 29.0. The number of ketones is 1. The van der Waals surface area contributed by atoms with Crippen LogP contribution < -0.4 is 0 Å². The molecule has 6 heteroatoms. The smallest absolute Gasteiger partial charge is 0.290 e. The number of Topliss-reactive ketones (excluding diaryl/α,β-unsaturated/α-hetero) is 1. The molecule has 29 heavy (non-hydrogen) atoms. The second kappa shape index (κ2) is 7.06. The van der Waals surface area contributed by atoms with E-state index in [4.69, 9.17) is 20.8 Å². The number of benzene rings is 1. The van der Waals surface area contributed by atoms with Gasteiger partial charge in [0.2, 0.25) is 0 Å². The average molecular weight is 412 g/mol. The zero-order valence-corrected chi connectivity index (χ0v) is 16.9. The minimum absolute atomic E-state index is 0.0537. The van der Waals surface area contributed by atoms with E-state index in [1.165, 1.54) is 0 Å². The van der Waals surface area contributed by atoms with Gasteiger partial charge in [-0.25, -0.2) is 0 Å². The predicted molar refractivity (Wildman–Crippen MR) is 107 cm³/mol. The van der Waals surface area contributed by atoms with Crippen molar-refractivity contribution >= 4 is 23.3 Å². The first-order valence-electron chi connectivity index (χ1n) is 10.1. The number of carbonyl (C=O) groups excluding carboxylic acids is 2. The van der Waals surface area contributed by atoms with Gasteiger partial charge >= 0.3 is 0 Å². The molecule has 2 aromatic rings. The van der Waals surface area contributed by atoms with Crippen molar-refractivity contribution in [2.45, 2.75) is 44.9 Å². The Morgan fingerprint density at radius 2 is 1.93 bits per heavy atom. The van der Waals surface area contributed by atoms with Crippen molar-refractivity contribution in [3.63, 3.8) is 0 Å². The highest BCUT2D eigenvalue weighted by Gasteiger charge is 2.52. The lowest BCUT2D eigenvalue weighted by Gasteiger charge is -2.37. The van der Waals surface area contributed by atoms with Crippen LogP contribution in [0, 0.1) is 11.8 Å². The summed E-state index contributed by atoms with van der Waals surface area (Å²) in [5, 5.41) is 0.609. The summed E-state index contributed by atoms with van der Waals surface area (Å²) in [4.78, 5) is 28.6. The zero-order chi connectivity index (χ0) is 20.1. The summed E-state index contributed by atoms with van der Waals surface area (Å²) in [6.45, 7) is 2.45. The second-order valence-corrected chi connectivity index (χ2v) is 8.69. The van der Waals surface area contributed by atoms with Crippen LogP contribution in [0.4, 0.5) is 0 Å². The van der Waals surface area contributed by atoms with Crippen LogP contribution >= 0.6 is 11.6 Å². The van der Waals surface area contributed by atoms with Crippen molar-refractivity contribution in [3.05, 3.63) is 70.3 Å². The van der Waals surface area contributed by atoms with E-state index in [2.05, 4.69) is 6.92 Å². The molecule has 5 nitrogen and oxygen atoms in total. The van der Waals surface area contributed by atoms with Crippen molar-refractivity contribution in [1.29, 1.82) is 0 Å². The highest BCUT2D eigenvalue weighted by atomic mass is 35.5. The van der Waals surface area contributed by atoms with Gasteiger partial charge in [-0.15, -0.1) is 0 Å². The molecule has 0 radical (unpaired) electrons. The van der Waals surface area contributed by atoms with E-state index in [-0.39, 0.29) is 36.0 Å². The molecule has 4 atom stereocenters. The molecule has 2 aliphatic heterocycles. The fourth-order valence-electron chi connectivity index (χ4n) is 4.85. The Kier molecular flexibility index (Phi) is 4.50. The number of hydrogen-bond acceptors (Lipinski definition) is 4. The van der Waals surface area contributed by atoms with Gasteiger partial charge < -0.3 is 14.1 Å². The van der Waals surface area contributed by atoms with Gasteiger partial charge in [0.25, 0.3) is 5.91 Å². The first-order valence-corrected chi connectivity index (χ1v) is 10.4. The highest BCUT2D eigenvalue weighted by Crippen LogP contribution is 2.48. The molecule has 1 aromatic heterocycles. The number of halogens is 1. The van der Waals surface area contributed by atoms with Crippen molar-refractivity contribution in [1.82, 2.24) is 4.90 Å². The molecule has 3 aliphatic rings. The Labute approximate surface area is 174 Å². The SMILES string of the molecule is CC1CCC2OC3=C(C(=O)C2C1)C(c1ccc(Cl)cc1)N(Cc1ccco1)C3=O. The summed E-state index contributed by atoms with van der Waals surface area (Å²) in [5.74, 6) is 0.993. The molecule has 1 saturated carbocycles. The van der Waals surface area contributed by atoms with E-state index < -0.39 is 6.04 Å². The van der Waals surface area contributed by atoms with Gasteiger partial charge in [-0.1, -0.05) is 30.7 Å². The third-order valence-corrected chi connectivity index (χ3v) is 6.55. The van der Waals surface area contributed by atoms with Gasteiger partial charge in [0.1, 0.15) is 11.9 Å². The molecule has 1 aromatic carbocycles. The average Bonchev–Trinajstić information content (AvgIpc) is 3.32. The number of amides is 1. The number of hydrogen-bond donors (Lipinski definition) is 0. The number of fused-ring (bicyclic) bond motifs is 1. The monoisotopic (exact) mass is 411 g/mol. The molecule has 4 unspecified atom stereocenters. The molecule has 1 aliphatic carbocycles. The van der Waals surface area contributed by atoms with E-state index in [0.29, 0.717) is 22.3 Å². The Hall–Kier alpha value is -2.53. The standard InChI is InChI=1S/C23H22ClNO4/c1-13-4-9-18-17(11-13)21(26)19-20(14-5-7-15(24)8-6-14)25(23(27)22(19)29-18)12-16-3-2-10-28-16/h2-3,5-8,10,13,17-18,20H,4,9,11-12H2,1H3. The van der Waals surface area contributed by atoms with Crippen LogP contribution in [0.25, 0.3) is 0 Å². The van der Waals surface area contributed by atoms with Crippen LogP contribution in [0.3, 0.4) is 0 Å². The van der Waals surface area contributed by atoms with Crippen LogP contribution in [0.2, 0.25) is 5.02 Å². The number of nitrogens with zero attached hydrogens (tertiary/aromatic N) is 1. The van der Waals surface area contributed by atoms with Crippen molar-refractivity contribution in [2.24, 2.45) is 11.8 Å². The van der Waals surface area contributed by atoms with Gasteiger partial charge in [-0.05, 0) is 55.0 Å². The third-order valence-electron chi connectivity index (χ3n) is 6.30. The molecule has 0 saturated heterocycles. The lowest BCUT2D eigenvalue weighted by molar-refractivity contribution is -0.136. The molecular weight excluding hydrogens is 390 g/mol. The summed E-state index contributed by atoms with van der Waals surface area (Å²) in [5.41, 5.74) is 1.33. The van der Waals surface area contributed by atoms with Gasteiger partial charge in [0, 0.05) is 5.02 Å². The minimum atomic E-state index is -0.495. The molecule has 3 heterocycles. The number of carbonyl (C=O) groups is 2. The summed E-state index contributed by atoms with van der Waals surface area (Å²) in [6.07, 6.45) is 4.02. The molecular formula is C23H22ClNO4. The van der Waals surface area contributed by atoms with Crippen molar-refractivity contribution in [2.75, 3.05) is 0 Å². The van der Waals surface area contributed by atoms with E-state index in [9.17, 15) is 9.59 Å². The van der Waals surface area contributed by atoms with E-state index in [0.717, 1.165) is 24.8 Å². The van der Waals surface area contributed by atoms with Crippen LogP contribution in [0.5, 0.6) is 0 Å². The van der Waals surface area contributed by atoms with Crippen LogP contribution in [-0.4, -0.2) is 22.7 Å². The first-order chi connectivity index (χ1) is 14.0. The highest BCUT2D eigenvalue weighted by molar-refractivity contribution is 6.30. The van der Waals surface area contributed by atoms with E-state index >= 15 is 0 Å². The topological polar surface area (TPSA) is 59.8 Å². The van der Waals surface area contributed by atoms with E-state index in [1.54, 1.807) is 29.4 Å². The van der Waals surface area contributed by atoms with Crippen LogP contribution in [0.15, 0.2) is 58.4 Å². The lowest BCUT2D eigenvalue weighted by atomic mass is 9.74. The molecule has 5 rings (SSSR count). The molecule has 1 fully saturated rings. The summed E-state index contributed by atoms with van der Waals surface area (Å²) in [6, 6.07) is 10.4. The number of ether oxygens (including phenoxy) is 1. The maximum atomic E-state index is 13.6. The summed E-state index contributed by atoms with van der Waals surface area (Å²) < 4.78 is 11.7. The van der Waals surface area contributed by atoms with Crippen molar-refractivity contribution < 1.29 is 18.7 Å². The molecule has 1 amide bonds. The lowest BCUT2D eigenvalue weighted by Crippen LogP contribution is -2.41. The first kappa shape index (κ1) is 18.5. The predicted octanol–water partition coefficient (Wildman–Crippen LogP) is 4.67. The van der Waals surface area contributed by atoms with Gasteiger partial charge in [-0.3, -0.25) is 9.59 Å². The Morgan fingerprint density at radius 1 is 1.14 bits per heavy atom. The van der Waals surface area contributed by atoms with Gasteiger partial charge in [0.15, 0.2) is 11.5 Å². The van der Waals surface area contributed by atoms with Gasteiger partial charge in [0.05, 0.1) is 30.3 Å². The maximum absolute atomic E-state index is 13.6. The van der Waals surface area contributed by atoms with Crippen LogP contribution in [-0.2, 0) is 20.9 Å². The molecule has 0 N–H and O–H groups in total. The zero-order valence-electron chi connectivity index (χ0n) is 16.1. The van der Waals surface area contributed by atoms with E-state index in [1.807, 2.05) is 18.2 Å². The van der Waals surface area contributed by atoms with Crippen LogP contribution in [0.1, 0.15) is 43.6 Å². The minimum Gasteiger partial charge on any atom is -0.483 e. The maximum Gasteiger partial charge on any atom is 0.290 e. The molecule has 0 bridgehead atoms. The Morgan fingerprint density at radius 3 is 2.66 bits per heavy atom. The Bertz CT molecular complexity index is 979. The Balaban J connectivity index is 1.58. The fourth-order valence-corrected chi connectivity index (χ4v) is 4.98. The van der Waals surface area contributed by atoms with Crippen molar-refractivity contribution in [3.8, 4) is 0 Å². The molecule has 0 spiro atoms. The largest absolute Gasteiger partial charge is 0.483 e. The number of furan rings is 1. The summed E-state index contributed by atoms with van der Waals surface area (Å²) in [7, 11) is 0.